The highest BCUT2D eigenvalue weighted by molar-refractivity contribution is 5.86. The minimum atomic E-state index is -1.17. The van der Waals surface area contributed by atoms with Gasteiger partial charge in [-0.05, 0) is 12.3 Å². The van der Waals surface area contributed by atoms with Crippen molar-refractivity contribution in [3.05, 3.63) is 0 Å². The molecule has 0 fully saturated rings. The molecule has 0 aliphatic carbocycles. The van der Waals surface area contributed by atoms with E-state index in [1.165, 1.54) is 0 Å². The lowest BCUT2D eigenvalue weighted by atomic mass is 10.0. The molecule has 0 aromatic rings. The summed E-state index contributed by atoms with van der Waals surface area (Å²) in [7, 11) is 0. The first-order valence-corrected chi connectivity index (χ1v) is 5.28. The number of hydrogen-bond acceptors (Lipinski definition) is 4. The minimum absolute atomic E-state index is 0.0184. The van der Waals surface area contributed by atoms with Crippen molar-refractivity contribution in [1.82, 2.24) is 5.32 Å². The molecule has 0 spiro atoms. The van der Waals surface area contributed by atoms with Gasteiger partial charge in [-0.15, -0.1) is 0 Å². The number of nitrogens with two attached hydrogens (primary N) is 1. The van der Waals surface area contributed by atoms with Gasteiger partial charge >= 0.3 is 5.97 Å². The molecular formula is C10H20N2O4. The first-order chi connectivity index (χ1) is 7.38. The van der Waals surface area contributed by atoms with Crippen LogP contribution in [0, 0.1) is 5.92 Å². The molecule has 0 aliphatic rings. The van der Waals surface area contributed by atoms with E-state index in [-0.39, 0.29) is 18.9 Å². The van der Waals surface area contributed by atoms with Gasteiger partial charge in [0, 0.05) is 13.0 Å². The molecule has 0 saturated carbocycles. The van der Waals surface area contributed by atoms with Crippen LogP contribution in [0.2, 0.25) is 0 Å². The maximum absolute atomic E-state index is 11.5. The maximum atomic E-state index is 11.5. The predicted octanol–water partition coefficient (Wildman–Crippen LogP) is -0.688. The third-order valence-electron chi connectivity index (χ3n) is 2.09. The van der Waals surface area contributed by atoms with E-state index in [0.29, 0.717) is 6.42 Å². The van der Waals surface area contributed by atoms with E-state index in [1.54, 1.807) is 0 Å². The molecule has 5 N–H and O–H groups in total. The molecule has 1 amide bonds. The summed E-state index contributed by atoms with van der Waals surface area (Å²) in [5, 5.41) is 19.7. The summed E-state index contributed by atoms with van der Waals surface area (Å²) in [4.78, 5) is 22.2. The molecule has 0 heterocycles. The topological polar surface area (TPSA) is 113 Å². The molecule has 2 atom stereocenters. The molecular weight excluding hydrogens is 212 g/mol. The smallest absolute Gasteiger partial charge is 0.326 e. The van der Waals surface area contributed by atoms with Gasteiger partial charge in [0.15, 0.2) is 0 Å². The van der Waals surface area contributed by atoms with Gasteiger partial charge in [0.2, 0.25) is 5.91 Å². The number of carboxylic acids is 1. The Labute approximate surface area is 94.8 Å². The van der Waals surface area contributed by atoms with Gasteiger partial charge in [-0.2, -0.15) is 0 Å². The summed E-state index contributed by atoms with van der Waals surface area (Å²) in [6.07, 6.45) is 0.479. The molecule has 6 heteroatoms. The predicted molar refractivity (Wildman–Crippen MR) is 58.7 cm³/mol. The van der Waals surface area contributed by atoms with E-state index in [2.05, 4.69) is 5.32 Å². The van der Waals surface area contributed by atoms with Crippen molar-refractivity contribution < 1.29 is 19.8 Å². The summed E-state index contributed by atoms with van der Waals surface area (Å²) in [6.45, 7) is 3.56. The lowest BCUT2D eigenvalue weighted by Crippen LogP contribution is -2.49. The normalized spacial score (nSPS) is 14.6. The average molecular weight is 232 g/mol. The number of aliphatic hydroxyl groups excluding tert-OH is 1. The monoisotopic (exact) mass is 232 g/mol. The van der Waals surface area contributed by atoms with Crippen LogP contribution in [0.5, 0.6) is 0 Å². The average Bonchev–Trinajstić information content (AvgIpc) is 2.15. The maximum Gasteiger partial charge on any atom is 0.326 e. The molecule has 0 aromatic carbocycles. The van der Waals surface area contributed by atoms with Crippen molar-refractivity contribution in [3.8, 4) is 0 Å². The molecule has 0 rings (SSSR count). The van der Waals surface area contributed by atoms with Gasteiger partial charge in [-0.25, -0.2) is 4.79 Å². The van der Waals surface area contributed by atoms with Crippen LogP contribution in [0.3, 0.4) is 0 Å². The first kappa shape index (κ1) is 14.9. The van der Waals surface area contributed by atoms with Crippen LogP contribution in [-0.2, 0) is 9.59 Å². The number of amides is 1. The Hall–Kier alpha value is -1.14. The number of carbonyl (C=O) groups is 2. The quantitative estimate of drug-likeness (QED) is 0.464. The van der Waals surface area contributed by atoms with Crippen molar-refractivity contribution in [2.75, 3.05) is 6.61 Å². The van der Waals surface area contributed by atoms with Gasteiger partial charge in [-0.1, -0.05) is 13.8 Å². The fraction of sp³-hybridized carbons (Fsp3) is 0.800. The van der Waals surface area contributed by atoms with Gasteiger partial charge in [0.1, 0.15) is 6.04 Å². The van der Waals surface area contributed by atoms with Crippen LogP contribution in [0.4, 0.5) is 0 Å². The van der Waals surface area contributed by atoms with E-state index >= 15 is 0 Å². The van der Waals surface area contributed by atoms with Crippen molar-refractivity contribution in [2.45, 2.75) is 38.8 Å². The van der Waals surface area contributed by atoms with Crippen molar-refractivity contribution in [1.29, 1.82) is 0 Å². The Morgan fingerprint density at radius 1 is 1.38 bits per heavy atom. The second-order valence-corrected chi connectivity index (χ2v) is 4.15. The molecule has 0 aliphatic heterocycles. The summed E-state index contributed by atoms with van der Waals surface area (Å²) in [6, 6.07) is -1.78. The van der Waals surface area contributed by atoms with Crippen LogP contribution >= 0.6 is 0 Å². The lowest BCUT2D eigenvalue weighted by molar-refractivity contribution is -0.142. The van der Waals surface area contributed by atoms with Crippen molar-refractivity contribution in [2.24, 2.45) is 11.7 Å². The third-order valence-corrected chi connectivity index (χ3v) is 2.09. The number of aliphatic hydroxyl groups is 1. The van der Waals surface area contributed by atoms with Crippen LogP contribution in [0.1, 0.15) is 26.7 Å². The summed E-state index contributed by atoms with van der Waals surface area (Å²) in [5.74, 6) is -1.39. The van der Waals surface area contributed by atoms with Gasteiger partial charge < -0.3 is 21.3 Å². The van der Waals surface area contributed by atoms with Gasteiger partial charge in [0.05, 0.1) is 6.04 Å². The van der Waals surface area contributed by atoms with E-state index < -0.39 is 24.0 Å². The Morgan fingerprint density at radius 2 is 1.94 bits per heavy atom. The highest BCUT2D eigenvalue weighted by Crippen LogP contribution is 2.03. The Morgan fingerprint density at radius 3 is 2.31 bits per heavy atom. The second kappa shape index (κ2) is 7.19. The molecule has 0 radical (unpaired) electrons. The number of nitrogens with one attached hydrogen (secondary N) is 1. The van der Waals surface area contributed by atoms with Crippen LogP contribution in [-0.4, -0.2) is 40.8 Å². The molecule has 6 nitrogen and oxygen atoms in total. The first-order valence-electron chi connectivity index (χ1n) is 5.28. The number of carbonyl (C=O) groups excluding carboxylic acids is 1. The zero-order valence-corrected chi connectivity index (χ0v) is 9.64. The zero-order chi connectivity index (χ0) is 12.7. The number of carboxylic acid groups (broad SMARTS) is 1. The lowest BCUT2D eigenvalue weighted by Gasteiger charge is -2.18. The van der Waals surface area contributed by atoms with Crippen LogP contribution < -0.4 is 11.1 Å². The summed E-state index contributed by atoms with van der Waals surface area (Å²) < 4.78 is 0. The van der Waals surface area contributed by atoms with Crippen LogP contribution in [0.25, 0.3) is 0 Å². The summed E-state index contributed by atoms with van der Waals surface area (Å²) >= 11 is 0. The third kappa shape index (κ3) is 5.67. The van der Waals surface area contributed by atoms with E-state index in [1.807, 2.05) is 13.8 Å². The van der Waals surface area contributed by atoms with E-state index in [4.69, 9.17) is 15.9 Å². The highest BCUT2D eigenvalue weighted by atomic mass is 16.4. The number of aliphatic carboxylic acids is 1. The molecule has 0 saturated heterocycles. The highest BCUT2D eigenvalue weighted by Gasteiger charge is 2.22. The second-order valence-electron chi connectivity index (χ2n) is 4.15. The van der Waals surface area contributed by atoms with Gasteiger partial charge in [0.25, 0.3) is 0 Å². The molecule has 16 heavy (non-hydrogen) atoms. The van der Waals surface area contributed by atoms with Gasteiger partial charge in [-0.3, -0.25) is 4.79 Å². The van der Waals surface area contributed by atoms with E-state index in [0.717, 1.165) is 0 Å². The Bertz CT molecular complexity index is 243. The number of hydrogen-bond donors (Lipinski definition) is 4. The number of rotatable bonds is 7. The standard InChI is InChI=1S/C10H20N2O4/c1-6(2)5-7(11)9(14)12-8(3-4-13)10(15)16/h6-8,13H,3-5,11H2,1-2H3,(H,12,14)(H,15,16). The zero-order valence-electron chi connectivity index (χ0n) is 9.64. The Kier molecular flexibility index (Phi) is 6.67. The molecule has 2 unspecified atom stereocenters. The van der Waals surface area contributed by atoms with E-state index in [9.17, 15) is 9.59 Å². The van der Waals surface area contributed by atoms with Crippen molar-refractivity contribution >= 4 is 11.9 Å². The minimum Gasteiger partial charge on any atom is -0.480 e. The molecule has 0 aromatic heterocycles. The fourth-order valence-corrected chi connectivity index (χ4v) is 1.28. The summed E-state index contributed by atoms with van der Waals surface area (Å²) in [5.41, 5.74) is 5.60. The SMILES string of the molecule is CC(C)CC(N)C(=O)NC(CCO)C(=O)O. The molecule has 94 valence electrons. The van der Waals surface area contributed by atoms with Crippen molar-refractivity contribution in [3.63, 3.8) is 0 Å². The van der Waals surface area contributed by atoms with Crippen LogP contribution in [0.15, 0.2) is 0 Å². The molecule has 0 bridgehead atoms. The largest absolute Gasteiger partial charge is 0.480 e. The Balaban J connectivity index is 4.23. The fourth-order valence-electron chi connectivity index (χ4n) is 1.28.